The summed E-state index contributed by atoms with van der Waals surface area (Å²) in [6, 6.07) is 3.03. The molecule has 1 aromatic heterocycles. The van der Waals surface area contributed by atoms with Crippen LogP contribution in [0.2, 0.25) is 5.22 Å². The minimum Gasteiger partial charge on any atom is -0.440 e. The summed E-state index contributed by atoms with van der Waals surface area (Å²) in [4.78, 5) is 11.7. The number of furan rings is 1. The second-order valence-electron chi connectivity index (χ2n) is 3.85. The van der Waals surface area contributed by atoms with Crippen molar-refractivity contribution in [2.24, 2.45) is 0 Å². The Bertz CT molecular complexity index is 365. The van der Waals surface area contributed by atoms with Crippen LogP contribution < -0.4 is 5.32 Å². The molecule has 2 N–H and O–H groups in total. The van der Waals surface area contributed by atoms with Crippen molar-refractivity contribution in [3.8, 4) is 0 Å². The fourth-order valence-corrected chi connectivity index (χ4v) is 1.81. The third-order valence-electron chi connectivity index (χ3n) is 2.79. The molecule has 0 bridgehead atoms. The van der Waals surface area contributed by atoms with Crippen molar-refractivity contribution in [2.45, 2.75) is 24.8 Å². The van der Waals surface area contributed by atoms with Gasteiger partial charge in [-0.05, 0) is 43.0 Å². The molecule has 0 aromatic carbocycles. The lowest BCUT2D eigenvalue weighted by Crippen LogP contribution is -2.56. The zero-order valence-corrected chi connectivity index (χ0v) is 8.88. The van der Waals surface area contributed by atoms with Gasteiger partial charge in [0.25, 0.3) is 5.91 Å². The van der Waals surface area contributed by atoms with Crippen molar-refractivity contribution < 1.29 is 14.3 Å². The Kier molecular flexibility index (Phi) is 2.71. The molecule has 1 saturated carbocycles. The number of carbonyl (C=O) groups is 1. The highest BCUT2D eigenvalue weighted by Crippen LogP contribution is 2.31. The maximum atomic E-state index is 11.7. The highest BCUT2D eigenvalue weighted by molar-refractivity contribution is 6.29. The predicted octanol–water partition coefficient (Wildman–Crippen LogP) is 1.58. The van der Waals surface area contributed by atoms with Crippen molar-refractivity contribution in [3.63, 3.8) is 0 Å². The number of rotatable bonds is 3. The summed E-state index contributed by atoms with van der Waals surface area (Å²) in [7, 11) is 0. The largest absolute Gasteiger partial charge is 0.440 e. The summed E-state index contributed by atoms with van der Waals surface area (Å²) in [6.45, 7) is -0.0345. The van der Waals surface area contributed by atoms with Gasteiger partial charge in [-0.1, -0.05) is 0 Å². The van der Waals surface area contributed by atoms with Gasteiger partial charge in [0, 0.05) is 0 Å². The van der Waals surface area contributed by atoms with Crippen molar-refractivity contribution >= 4 is 17.5 Å². The first-order chi connectivity index (χ1) is 7.15. The summed E-state index contributed by atoms with van der Waals surface area (Å²) in [6.07, 6.45) is 2.65. The first kappa shape index (κ1) is 10.5. The lowest BCUT2D eigenvalue weighted by molar-refractivity contribution is 0.0620. The average molecular weight is 230 g/mol. The topological polar surface area (TPSA) is 62.5 Å². The molecule has 0 unspecified atom stereocenters. The van der Waals surface area contributed by atoms with Crippen LogP contribution in [0.5, 0.6) is 0 Å². The highest BCUT2D eigenvalue weighted by Gasteiger charge is 2.38. The summed E-state index contributed by atoms with van der Waals surface area (Å²) in [5.74, 6) is -0.143. The molecule has 1 fully saturated rings. The van der Waals surface area contributed by atoms with Gasteiger partial charge in [-0.3, -0.25) is 4.79 Å². The van der Waals surface area contributed by atoms with Crippen LogP contribution in [0.4, 0.5) is 0 Å². The molecule has 1 aliphatic carbocycles. The first-order valence-electron chi connectivity index (χ1n) is 4.84. The summed E-state index contributed by atoms with van der Waals surface area (Å²) < 4.78 is 4.98. The van der Waals surface area contributed by atoms with Crippen LogP contribution in [0.25, 0.3) is 0 Å². The second-order valence-corrected chi connectivity index (χ2v) is 4.22. The molecule has 0 spiro atoms. The lowest BCUT2D eigenvalue weighted by Gasteiger charge is -2.40. The van der Waals surface area contributed by atoms with Gasteiger partial charge in [-0.25, -0.2) is 0 Å². The van der Waals surface area contributed by atoms with Gasteiger partial charge in [0.15, 0.2) is 11.0 Å². The third kappa shape index (κ3) is 2.01. The normalized spacial score (nSPS) is 18.3. The number of aliphatic hydroxyl groups excluding tert-OH is 1. The van der Waals surface area contributed by atoms with E-state index >= 15 is 0 Å². The number of hydrogen-bond acceptors (Lipinski definition) is 3. The molecule has 0 atom stereocenters. The molecule has 1 aromatic rings. The van der Waals surface area contributed by atoms with E-state index in [1.807, 2.05) is 0 Å². The van der Waals surface area contributed by atoms with E-state index in [2.05, 4.69) is 5.32 Å². The number of aliphatic hydroxyl groups is 1. The van der Waals surface area contributed by atoms with Crippen molar-refractivity contribution in [1.82, 2.24) is 5.32 Å². The van der Waals surface area contributed by atoms with Crippen LogP contribution in [-0.4, -0.2) is 23.2 Å². The Hall–Kier alpha value is -1.00. The summed E-state index contributed by atoms with van der Waals surface area (Å²) >= 11 is 5.56. The maximum absolute atomic E-state index is 11.7. The minimum atomic E-state index is -0.448. The molecule has 4 nitrogen and oxygen atoms in total. The SMILES string of the molecule is O=C(NC1(CO)CCC1)c1ccc(Cl)o1. The standard InChI is InChI=1S/C10H12ClNO3/c11-8-3-2-7(15-8)9(14)12-10(6-13)4-1-5-10/h2-3,13H,1,4-6H2,(H,12,14). The number of hydrogen-bond donors (Lipinski definition) is 2. The molecule has 2 rings (SSSR count). The Morgan fingerprint density at radius 2 is 2.33 bits per heavy atom. The molecule has 82 valence electrons. The van der Waals surface area contributed by atoms with Gasteiger partial charge in [0.1, 0.15) is 0 Å². The predicted molar refractivity (Wildman–Crippen MR) is 54.9 cm³/mol. The average Bonchev–Trinajstić information content (AvgIpc) is 2.58. The number of carbonyl (C=O) groups excluding carboxylic acids is 1. The van der Waals surface area contributed by atoms with Crippen molar-refractivity contribution in [2.75, 3.05) is 6.61 Å². The van der Waals surface area contributed by atoms with Crippen LogP contribution >= 0.6 is 11.6 Å². The fraction of sp³-hybridized carbons (Fsp3) is 0.500. The van der Waals surface area contributed by atoms with Gasteiger partial charge in [-0.15, -0.1) is 0 Å². The first-order valence-corrected chi connectivity index (χ1v) is 5.22. The zero-order chi connectivity index (χ0) is 10.9. The molecule has 1 aliphatic rings. The van der Waals surface area contributed by atoms with Crippen LogP contribution in [-0.2, 0) is 0 Å². The smallest absolute Gasteiger partial charge is 0.287 e. The van der Waals surface area contributed by atoms with E-state index in [-0.39, 0.29) is 23.5 Å². The van der Waals surface area contributed by atoms with Crippen LogP contribution in [0, 0.1) is 0 Å². The van der Waals surface area contributed by atoms with E-state index in [4.69, 9.17) is 21.1 Å². The van der Waals surface area contributed by atoms with Gasteiger partial charge in [-0.2, -0.15) is 0 Å². The molecule has 1 heterocycles. The molecule has 0 aliphatic heterocycles. The molecular formula is C10H12ClNO3. The van der Waals surface area contributed by atoms with E-state index in [1.165, 1.54) is 12.1 Å². The zero-order valence-electron chi connectivity index (χ0n) is 8.12. The van der Waals surface area contributed by atoms with Gasteiger partial charge < -0.3 is 14.8 Å². The molecule has 15 heavy (non-hydrogen) atoms. The van der Waals surface area contributed by atoms with Crippen molar-refractivity contribution in [1.29, 1.82) is 0 Å². The Labute approximate surface area is 92.2 Å². The molecular weight excluding hydrogens is 218 g/mol. The Balaban J connectivity index is 2.03. The lowest BCUT2D eigenvalue weighted by atomic mass is 9.77. The Morgan fingerprint density at radius 3 is 2.73 bits per heavy atom. The maximum Gasteiger partial charge on any atom is 0.287 e. The molecule has 1 amide bonds. The number of nitrogens with one attached hydrogen (secondary N) is 1. The minimum absolute atomic E-state index is 0.0345. The van der Waals surface area contributed by atoms with Crippen LogP contribution in [0.1, 0.15) is 29.8 Å². The van der Waals surface area contributed by atoms with E-state index in [0.29, 0.717) is 0 Å². The number of halogens is 1. The Morgan fingerprint density at radius 1 is 1.60 bits per heavy atom. The quantitative estimate of drug-likeness (QED) is 0.827. The van der Waals surface area contributed by atoms with E-state index in [0.717, 1.165) is 19.3 Å². The van der Waals surface area contributed by atoms with Crippen LogP contribution in [0.15, 0.2) is 16.5 Å². The van der Waals surface area contributed by atoms with Gasteiger partial charge in [0.2, 0.25) is 0 Å². The summed E-state index contributed by atoms with van der Waals surface area (Å²) in [5, 5.41) is 12.1. The van der Waals surface area contributed by atoms with E-state index < -0.39 is 5.54 Å². The highest BCUT2D eigenvalue weighted by atomic mass is 35.5. The van der Waals surface area contributed by atoms with Gasteiger partial charge in [0.05, 0.1) is 12.1 Å². The second kappa shape index (κ2) is 3.87. The fourth-order valence-electron chi connectivity index (χ4n) is 1.66. The van der Waals surface area contributed by atoms with E-state index in [1.54, 1.807) is 0 Å². The monoisotopic (exact) mass is 229 g/mol. The molecule has 0 radical (unpaired) electrons. The third-order valence-corrected chi connectivity index (χ3v) is 2.99. The van der Waals surface area contributed by atoms with Crippen LogP contribution in [0.3, 0.4) is 0 Å². The van der Waals surface area contributed by atoms with Gasteiger partial charge >= 0.3 is 0 Å². The van der Waals surface area contributed by atoms with Crippen molar-refractivity contribution in [3.05, 3.63) is 23.1 Å². The molecule has 0 saturated heterocycles. The summed E-state index contributed by atoms with van der Waals surface area (Å²) in [5.41, 5.74) is -0.448. The number of amides is 1. The van der Waals surface area contributed by atoms with E-state index in [9.17, 15) is 4.79 Å². The molecule has 5 heteroatoms.